The average molecular weight is 419 g/mol. The number of piperidine rings is 1. The SMILES string of the molecule is Cc1ccc([C@H](C)NC(=O)C2CCN(Cc3ccc(Cl)c(Cl)c3)CC2)c(C)c1. The van der Waals surface area contributed by atoms with Crippen LogP contribution in [-0.2, 0) is 11.3 Å². The molecule has 1 atom stereocenters. The topological polar surface area (TPSA) is 32.3 Å². The van der Waals surface area contributed by atoms with E-state index in [1.54, 1.807) is 0 Å². The van der Waals surface area contributed by atoms with Crippen molar-refractivity contribution in [2.24, 2.45) is 5.92 Å². The third-order valence-electron chi connectivity index (χ3n) is 5.60. The second kappa shape index (κ2) is 9.30. The monoisotopic (exact) mass is 418 g/mol. The van der Waals surface area contributed by atoms with Crippen LogP contribution in [0.15, 0.2) is 36.4 Å². The molecule has 5 heteroatoms. The first kappa shape index (κ1) is 21.2. The number of halogens is 2. The molecule has 2 aromatic rings. The van der Waals surface area contributed by atoms with E-state index in [1.165, 1.54) is 16.7 Å². The molecule has 1 amide bonds. The van der Waals surface area contributed by atoms with Crippen LogP contribution in [0, 0.1) is 19.8 Å². The molecule has 0 aromatic heterocycles. The molecule has 0 spiro atoms. The minimum absolute atomic E-state index is 0.0299. The van der Waals surface area contributed by atoms with Crippen LogP contribution in [0.3, 0.4) is 0 Å². The second-order valence-corrected chi connectivity index (χ2v) is 8.70. The van der Waals surface area contributed by atoms with Crippen molar-refractivity contribution < 1.29 is 4.79 Å². The Kier molecular flexibility index (Phi) is 7.03. The Morgan fingerprint density at radius 1 is 1.11 bits per heavy atom. The summed E-state index contributed by atoms with van der Waals surface area (Å²) in [4.78, 5) is 15.1. The Hall–Kier alpha value is -1.55. The Balaban J connectivity index is 1.51. The largest absolute Gasteiger partial charge is 0.349 e. The molecule has 1 fully saturated rings. The van der Waals surface area contributed by atoms with Gasteiger partial charge in [0, 0.05) is 12.5 Å². The molecule has 2 aromatic carbocycles. The Morgan fingerprint density at radius 2 is 1.82 bits per heavy atom. The van der Waals surface area contributed by atoms with E-state index < -0.39 is 0 Å². The van der Waals surface area contributed by atoms with Crippen LogP contribution >= 0.6 is 23.2 Å². The smallest absolute Gasteiger partial charge is 0.223 e. The van der Waals surface area contributed by atoms with Crippen molar-refractivity contribution in [2.75, 3.05) is 13.1 Å². The van der Waals surface area contributed by atoms with Gasteiger partial charge in [-0.25, -0.2) is 0 Å². The lowest BCUT2D eigenvalue weighted by molar-refractivity contribution is -0.127. The average Bonchev–Trinajstić information content (AvgIpc) is 2.65. The number of carbonyl (C=O) groups excluding carboxylic acids is 1. The first-order chi connectivity index (χ1) is 13.3. The van der Waals surface area contributed by atoms with Gasteiger partial charge in [0.25, 0.3) is 0 Å². The van der Waals surface area contributed by atoms with Crippen LogP contribution in [0.4, 0.5) is 0 Å². The van der Waals surface area contributed by atoms with Gasteiger partial charge in [-0.1, -0.05) is 53.0 Å². The molecular weight excluding hydrogens is 391 g/mol. The van der Waals surface area contributed by atoms with Crippen LogP contribution in [0.5, 0.6) is 0 Å². The fraction of sp³-hybridized carbons (Fsp3) is 0.435. The highest BCUT2D eigenvalue weighted by Gasteiger charge is 2.26. The Labute approximate surface area is 178 Å². The summed E-state index contributed by atoms with van der Waals surface area (Å²) in [7, 11) is 0. The second-order valence-electron chi connectivity index (χ2n) is 7.89. The van der Waals surface area contributed by atoms with Crippen LogP contribution in [0.1, 0.15) is 48.1 Å². The van der Waals surface area contributed by atoms with E-state index >= 15 is 0 Å². The zero-order chi connectivity index (χ0) is 20.3. The summed E-state index contributed by atoms with van der Waals surface area (Å²) in [6.07, 6.45) is 1.76. The van der Waals surface area contributed by atoms with Crippen molar-refractivity contribution in [1.82, 2.24) is 10.2 Å². The maximum Gasteiger partial charge on any atom is 0.223 e. The van der Waals surface area contributed by atoms with Gasteiger partial charge in [-0.05, 0) is 75.5 Å². The lowest BCUT2D eigenvalue weighted by atomic mass is 9.94. The lowest BCUT2D eigenvalue weighted by Crippen LogP contribution is -2.41. The number of likely N-dealkylation sites (tertiary alicyclic amines) is 1. The summed E-state index contributed by atoms with van der Waals surface area (Å²) < 4.78 is 0. The van der Waals surface area contributed by atoms with Crippen LogP contribution in [0.25, 0.3) is 0 Å². The number of hydrogen-bond acceptors (Lipinski definition) is 2. The van der Waals surface area contributed by atoms with E-state index in [2.05, 4.69) is 49.2 Å². The number of aryl methyl sites for hydroxylation is 2. The summed E-state index contributed by atoms with van der Waals surface area (Å²) in [5, 5.41) is 4.39. The summed E-state index contributed by atoms with van der Waals surface area (Å²) in [6, 6.07) is 12.2. The van der Waals surface area contributed by atoms with Gasteiger partial charge in [0.05, 0.1) is 16.1 Å². The van der Waals surface area contributed by atoms with Gasteiger partial charge >= 0.3 is 0 Å². The minimum atomic E-state index is 0.0299. The number of benzene rings is 2. The van der Waals surface area contributed by atoms with Crippen LogP contribution < -0.4 is 5.32 Å². The van der Waals surface area contributed by atoms with Crippen molar-refractivity contribution in [3.8, 4) is 0 Å². The molecule has 150 valence electrons. The first-order valence-electron chi connectivity index (χ1n) is 9.87. The molecule has 0 aliphatic carbocycles. The maximum absolute atomic E-state index is 12.7. The van der Waals surface area contributed by atoms with Gasteiger partial charge < -0.3 is 5.32 Å². The van der Waals surface area contributed by atoms with Crippen LogP contribution in [-0.4, -0.2) is 23.9 Å². The Morgan fingerprint density at radius 3 is 2.46 bits per heavy atom. The van der Waals surface area contributed by atoms with Gasteiger partial charge in [0.15, 0.2) is 0 Å². The van der Waals surface area contributed by atoms with Crippen molar-refractivity contribution in [3.63, 3.8) is 0 Å². The van der Waals surface area contributed by atoms with E-state index in [0.717, 1.165) is 38.0 Å². The molecule has 1 saturated heterocycles. The molecule has 28 heavy (non-hydrogen) atoms. The van der Waals surface area contributed by atoms with E-state index in [4.69, 9.17) is 23.2 Å². The summed E-state index contributed by atoms with van der Waals surface area (Å²) in [5.74, 6) is 0.250. The Bertz CT molecular complexity index is 844. The summed E-state index contributed by atoms with van der Waals surface area (Å²) >= 11 is 12.1. The first-order valence-corrected chi connectivity index (χ1v) is 10.6. The number of amides is 1. The van der Waals surface area contributed by atoms with Gasteiger partial charge in [0.2, 0.25) is 5.91 Å². The van der Waals surface area contributed by atoms with E-state index in [0.29, 0.717) is 10.0 Å². The van der Waals surface area contributed by atoms with E-state index in [9.17, 15) is 4.79 Å². The van der Waals surface area contributed by atoms with Crippen molar-refractivity contribution in [1.29, 1.82) is 0 Å². The molecule has 1 aliphatic heterocycles. The fourth-order valence-corrected chi connectivity index (χ4v) is 4.29. The fourth-order valence-electron chi connectivity index (χ4n) is 3.97. The molecular formula is C23H28Cl2N2O. The molecule has 0 unspecified atom stereocenters. The number of nitrogens with zero attached hydrogens (tertiary/aromatic N) is 1. The highest BCUT2D eigenvalue weighted by Crippen LogP contribution is 2.26. The molecule has 0 bridgehead atoms. The van der Waals surface area contributed by atoms with E-state index in [-0.39, 0.29) is 17.9 Å². The van der Waals surface area contributed by atoms with Gasteiger partial charge in [-0.15, -0.1) is 0 Å². The highest BCUT2D eigenvalue weighted by atomic mass is 35.5. The van der Waals surface area contributed by atoms with Gasteiger partial charge in [-0.3, -0.25) is 9.69 Å². The highest BCUT2D eigenvalue weighted by molar-refractivity contribution is 6.42. The molecule has 3 nitrogen and oxygen atoms in total. The molecule has 3 rings (SSSR count). The molecule has 1 N–H and O–H groups in total. The standard InChI is InChI=1S/C23H28Cl2N2O/c1-15-4-6-20(16(2)12-15)17(3)26-23(28)19-8-10-27(11-9-19)14-18-5-7-21(24)22(25)13-18/h4-7,12-13,17,19H,8-11,14H2,1-3H3,(H,26,28)/t17-/m0/s1. The predicted octanol–water partition coefficient (Wildman–Crippen LogP) is 5.70. The number of rotatable bonds is 5. The quantitative estimate of drug-likeness (QED) is 0.674. The number of hydrogen-bond donors (Lipinski definition) is 1. The number of carbonyl (C=O) groups is 1. The zero-order valence-electron chi connectivity index (χ0n) is 16.8. The minimum Gasteiger partial charge on any atom is -0.349 e. The van der Waals surface area contributed by atoms with Gasteiger partial charge in [-0.2, -0.15) is 0 Å². The molecule has 0 saturated carbocycles. The van der Waals surface area contributed by atoms with Crippen molar-refractivity contribution in [3.05, 3.63) is 68.7 Å². The maximum atomic E-state index is 12.7. The predicted molar refractivity (Wildman–Crippen MR) is 117 cm³/mol. The summed E-state index contributed by atoms with van der Waals surface area (Å²) in [5.41, 5.74) is 4.81. The van der Waals surface area contributed by atoms with Gasteiger partial charge in [0.1, 0.15) is 0 Å². The molecule has 1 aliphatic rings. The third-order valence-corrected chi connectivity index (χ3v) is 6.34. The molecule has 1 heterocycles. The van der Waals surface area contributed by atoms with Crippen molar-refractivity contribution in [2.45, 2.75) is 46.2 Å². The third kappa shape index (κ3) is 5.28. The molecule has 0 radical (unpaired) electrons. The summed E-state index contributed by atoms with van der Waals surface area (Å²) in [6.45, 7) is 8.92. The van der Waals surface area contributed by atoms with Crippen molar-refractivity contribution >= 4 is 29.1 Å². The van der Waals surface area contributed by atoms with Crippen LogP contribution in [0.2, 0.25) is 10.0 Å². The normalized spacial score (nSPS) is 16.8. The lowest BCUT2D eigenvalue weighted by Gasteiger charge is -2.32. The van der Waals surface area contributed by atoms with E-state index in [1.807, 2.05) is 18.2 Å². The zero-order valence-corrected chi connectivity index (χ0v) is 18.3. The number of nitrogens with one attached hydrogen (secondary N) is 1.